The van der Waals surface area contributed by atoms with Crippen LogP contribution in [-0.2, 0) is 14.3 Å². The number of methoxy groups -OCH3 is 1. The third-order valence-corrected chi connectivity index (χ3v) is 2.71. The van der Waals surface area contributed by atoms with Gasteiger partial charge in [0, 0.05) is 19.5 Å². The Morgan fingerprint density at radius 2 is 1.78 bits per heavy atom. The number of amides is 1. The lowest BCUT2D eigenvalue weighted by atomic mass is 10.0. The smallest absolute Gasteiger partial charge is 0.329 e. The van der Waals surface area contributed by atoms with Gasteiger partial charge in [-0.25, -0.2) is 4.79 Å². The molecule has 0 rings (SSSR count). The average Bonchev–Trinajstić information content (AvgIpc) is 2.30. The first-order valence-corrected chi connectivity index (χ1v) is 6.45. The molecule has 0 spiro atoms. The molecule has 2 unspecified atom stereocenters. The van der Waals surface area contributed by atoms with Crippen LogP contribution in [0.2, 0.25) is 0 Å². The SMILES string of the molecule is COC(=O)C(CNC(C)CCC(C)C)NC(C)=O. The van der Waals surface area contributed by atoms with E-state index in [9.17, 15) is 9.59 Å². The molecule has 5 nitrogen and oxygen atoms in total. The molecule has 0 bridgehead atoms. The fraction of sp³-hybridized carbons (Fsp3) is 0.846. The molecule has 106 valence electrons. The maximum Gasteiger partial charge on any atom is 0.329 e. The second-order valence-corrected chi connectivity index (χ2v) is 5.06. The van der Waals surface area contributed by atoms with Gasteiger partial charge >= 0.3 is 5.97 Å². The van der Waals surface area contributed by atoms with Crippen molar-refractivity contribution in [2.45, 2.75) is 52.6 Å². The van der Waals surface area contributed by atoms with Crippen molar-refractivity contribution in [3.05, 3.63) is 0 Å². The summed E-state index contributed by atoms with van der Waals surface area (Å²) in [6.07, 6.45) is 2.18. The van der Waals surface area contributed by atoms with E-state index in [-0.39, 0.29) is 5.91 Å². The minimum absolute atomic E-state index is 0.234. The molecule has 0 aliphatic carbocycles. The van der Waals surface area contributed by atoms with Gasteiger partial charge in [0.1, 0.15) is 6.04 Å². The Morgan fingerprint density at radius 1 is 1.17 bits per heavy atom. The molecular formula is C13H26N2O3. The first-order chi connectivity index (χ1) is 8.36. The van der Waals surface area contributed by atoms with Crippen molar-refractivity contribution >= 4 is 11.9 Å². The van der Waals surface area contributed by atoms with E-state index in [1.165, 1.54) is 14.0 Å². The van der Waals surface area contributed by atoms with Crippen LogP contribution < -0.4 is 10.6 Å². The van der Waals surface area contributed by atoms with Crippen molar-refractivity contribution < 1.29 is 14.3 Å². The van der Waals surface area contributed by atoms with Crippen LogP contribution in [0.15, 0.2) is 0 Å². The number of hydrogen-bond donors (Lipinski definition) is 2. The number of ether oxygens (including phenoxy) is 1. The minimum Gasteiger partial charge on any atom is -0.467 e. The molecule has 0 aromatic heterocycles. The Labute approximate surface area is 110 Å². The summed E-state index contributed by atoms with van der Waals surface area (Å²) in [6, 6.07) is -0.303. The van der Waals surface area contributed by atoms with Crippen molar-refractivity contribution in [2.75, 3.05) is 13.7 Å². The number of carbonyl (C=O) groups excluding carboxylic acids is 2. The van der Waals surface area contributed by atoms with Gasteiger partial charge in [-0.15, -0.1) is 0 Å². The Morgan fingerprint density at radius 3 is 2.22 bits per heavy atom. The van der Waals surface area contributed by atoms with Crippen LogP contribution in [0.3, 0.4) is 0 Å². The van der Waals surface area contributed by atoms with E-state index in [0.717, 1.165) is 12.8 Å². The van der Waals surface area contributed by atoms with Gasteiger partial charge in [0.15, 0.2) is 0 Å². The van der Waals surface area contributed by atoms with E-state index in [0.29, 0.717) is 18.5 Å². The molecule has 0 aliphatic heterocycles. The number of nitrogens with one attached hydrogen (secondary N) is 2. The maximum absolute atomic E-state index is 11.4. The predicted octanol–water partition coefficient (Wildman–Crippen LogP) is 1.08. The van der Waals surface area contributed by atoms with Crippen LogP contribution in [-0.4, -0.2) is 37.6 Å². The molecular weight excluding hydrogens is 232 g/mol. The molecule has 5 heteroatoms. The number of carbonyl (C=O) groups is 2. The molecule has 0 aliphatic rings. The van der Waals surface area contributed by atoms with Gasteiger partial charge < -0.3 is 15.4 Å². The second kappa shape index (κ2) is 8.91. The van der Waals surface area contributed by atoms with E-state index >= 15 is 0 Å². The van der Waals surface area contributed by atoms with Crippen LogP contribution >= 0.6 is 0 Å². The molecule has 0 aromatic rings. The van der Waals surface area contributed by atoms with Crippen molar-refractivity contribution in [1.29, 1.82) is 0 Å². The van der Waals surface area contributed by atoms with E-state index in [2.05, 4.69) is 36.1 Å². The molecule has 2 atom stereocenters. The number of rotatable bonds is 8. The van der Waals surface area contributed by atoms with Crippen molar-refractivity contribution in [3.63, 3.8) is 0 Å². The number of hydrogen-bond acceptors (Lipinski definition) is 4. The molecule has 0 fully saturated rings. The van der Waals surface area contributed by atoms with Gasteiger partial charge in [0.05, 0.1) is 7.11 Å². The topological polar surface area (TPSA) is 67.4 Å². The Balaban J connectivity index is 4.09. The van der Waals surface area contributed by atoms with Crippen LogP contribution in [0.25, 0.3) is 0 Å². The summed E-state index contributed by atoms with van der Waals surface area (Å²) >= 11 is 0. The highest BCUT2D eigenvalue weighted by atomic mass is 16.5. The minimum atomic E-state index is -0.617. The highest BCUT2D eigenvalue weighted by Crippen LogP contribution is 2.06. The lowest BCUT2D eigenvalue weighted by Crippen LogP contribution is -2.48. The molecule has 0 radical (unpaired) electrons. The largest absolute Gasteiger partial charge is 0.467 e. The molecule has 18 heavy (non-hydrogen) atoms. The summed E-state index contributed by atoms with van der Waals surface area (Å²) in [5.74, 6) is 0.0109. The zero-order valence-corrected chi connectivity index (χ0v) is 12.1. The van der Waals surface area contributed by atoms with Crippen LogP contribution in [0.5, 0.6) is 0 Å². The highest BCUT2D eigenvalue weighted by molar-refractivity contribution is 5.83. The molecule has 0 aromatic carbocycles. The maximum atomic E-state index is 11.4. The van der Waals surface area contributed by atoms with Gasteiger partial charge in [-0.2, -0.15) is 0 Å². The third-order valence-electron chi connectivity index (χ3n) is 2.71. The zero-order valence-electron chi connectivity index (χ0n) is 12.1. The van der Waals surface area contributed by atoms with Gasteiger partial charge in [-0.3, -0.25) is 4.79 Å². The third kappa shape index (κ3) is 8.06. The van der Waals surface area contributed by atoms with Gasteiger partial charge in [-0.05, 0) is 25.7 Å². The summed E-state index contributed by atoms with van der Waals surface area (Å²) in [4.78, 5) is 22.4. The summed E-state index contributed by atoms with van der Waals surface area (Å²) in [5.41, 5.74) is 0. The van der Waals surface area contributed by atoms with Gasteiger partial charge in [-0.1, -0.05) is 13.8 Å². The van der Waals surface area contributed by atoms with E-state index in [4.69, 9.17) is 0 Å². The lowest BCUT2D eigenvalue weighted by molar-refractivity contribution is -0.144. The standard InChI is InChI=1S/C13H26N2O3/c1-9(2)6-7-10(3)14-8-12(13(17)18-5)15-11(4)16/h9-10,12,14H,6-8H2,1-5H3,(H,15,16). The van der Waals surface area contributed by atoms with E-state index < -0.39 is 12.0 Å². The molecule has 0 saturated heterocycles. The van der Waals surface area contributed by atoms with Crippen LogP contribution in [0, 0.1) is 5.92 Å². The fourth-order valence-electron chi connectivity index (χ4n) is 1.59. The average molecular weight is 258 g/mol. The van der Waals surface area contributed by atoms with Crippen LogP contribution in [0.4, 0.5) is 0 Å². The highest BCUT2D eigenvalue weighted by Gasteiger charge is 2.20. The van der Waals surface area contributed by atoms with Crippen molar-refractivity contribution in [2.24, 2.45) is 5.92 Å². The summed E-state index contributed by atoms with van der Waals surface area (Å²) in [7, 11) is 1.32. The first-order valence-electron chi connectivity index (χ1n) is 6.45. The first kappa shape index (κ1) is 16.9. The Kier molecular flexibility index (Phi) is 8.37. The summed E-state index contributed by atoms with van der Waals surface area (Å²) in [5, 5.41) is 5.82. The fourth-order valence-corrected chi connectivity index (χ4v) is 1.59. The normalized spacial score (nSPS) is 14.1. The lowest BCUT2D eigenvalue weighted by Gasteiger charge is -2.20. The summed E-state index contributed by atoms with van der Waals surface area (Å²) in [6.45, 7) is 8.22. The molecule has 1 amide bonds. The van der Waals surface area contributed by atoms with Crippen LogP contribution in [0.1, 0.15) is 40.5 Å². The van der Waals surface area contributed by atoms with Crippen molar-refractivity contribution in [3.8, 4) is 0 Å². The summed E-state index contributed by atoms with van der Waals surface area (Å²) < 4.78 is 4.65. The Bertz CT molecular complexity index is 267. The Hall–Kier alpha value is -1.10. The quantitative estimate of drug-likeness (QED) is 0.639. The molecule has 2 N–H and O–H groups in total. The molecule has 0 heterocycles. The monoisotopic (exact) mass is 258 g/mol. The predicted molar refractivity (Wildman–Crippen MR) is 71.2 cm³/mol. The number of esters is 1. The zero-order chi connectivity index (χ0) is 14.1. The van der Waals surface area contributed by atoms with E-state index in [1.807, 2.05) is 0 Å². The second-order valence-electron chi connectivity index (χ2n) is 5.06. The van der Waals surface area contributed by atoms with Gasteiger partial charge in [0.2, 0.25) is 5.91 Å². The molecule has 0 saturated carbocycles. The van der Waals surface area contributed by atoms with Crippen molar-refractivity contribution in [1.82, 2.24) is 10.6 Å². The van der Waals surface area contributed by atoms with Gasteiger partial charge in [0.25, 0.3) is 0 Å². The van der Waals surface area contributed by atoms with E-state index in [1.54, 1.807) is 0 Å².